The molecule has 1 saturated heterocycles. The molecule has 3 heterocycles. The number of hydrogen-bond donors (Lipinski definition) is 6. The Bertz CT molecular complexity index is 1330. The highest BCUT2D eigenvalue weighted by Crippen LogP contribution is 2.23. The van der Waals surface area contributed by atoms with Crippen LogP contribution in [0.15, 0.2) is 62.9 Å². The molecule has 3 aromatic rings. The van der Waals surface area contributed by atoms with Gasteiger partial charge in [0.1, 0.15) is 0 Å². The van der Waals surface area contributed by atoms with E-state index in [0.717, 1.165) is 5.56 Å². The summed E-state index contributed by atoms with van der Waals surface area (Å²) in [6.07, 6.45) is -3.12. The number of rotatable bonds is 6. The smallest absolute Gasteiger partial charge is 0.380 e. The van der Waals surface area contributed by atoms with Gasteiger partial charge in [-0.15, -0.1) is 10.6 Å². The number of amides is 2. The van der Waals surface area contributed by atoms with Gasteiger partial charge in [-0.2, -0.15) is 0 Å². The topological polar surface area (TPSA) is 186 Å². The molecule has 0 unspecified atom stereocenters. The molecule has 0 bridgehead atoms. The number of amidine groups is 1. The molecule has 2 atom stereocenters. The molecule has 0 saturated carbocycles. The molecule has 35 heavy (non-hydrogen) atoms. The van der Waals surface area contributed by atoms with Crippen molar-refractivity contribution >= 4 is 29.0 Å². The first kappa shape index (κ1) is 22.3. The van der Waals surface area contributed by atoms with E-state index in [4.69, 9.17) is 4.74 Å². The Kier molecular flexibility index (Phi) is 5.97. The normalized spacial score (nSPS) is 18.4. The van der Waals surface area contributed by atoms with Crippen LogP contribution in [0.1, 0.15) is 5.56 Å². The second kappa shape index (κ2) is 9.38. The largest absolute Gasteiger partial charge is 0.439 e. The number of carbonyl (C=O) groups is 2. The summed E-state index contributed by atoms with van der Waals surface area (Å²) < 4.78 is 9.93. The number of ether oxygens (including phenoxy) is 1. The molecule has 1 fully saturated rings. The minimum Gasteiger partial charge on any atom is -0.380 e. The predicted molar refractivity (Wildman–Crippen MR) is 122 cm³/mol. The summed E-state index contributed by atoms with van der Waals surface area (Å²) in [6.45, 7) is 0.396. The predicted octanol–water partition coefficient (Wildman–Crippen LogP) is -0.965. The maximum atomic E-state index is 13.1. The molecule has 0 aliphatic carbocycles. The molecule has 0 radical (unpaired) electrons. The number of aromatic nitrogens is 2. The van der Waals surface area contributed by atoms with Crippen LogP contribution in [0, 0.1) is 0 Å². The number of H-pyrrole nitrogens is 1. The van der Waals surface area contributed by atoms with Crippen molar-refractivity contribution in [2.75, 3.05) is 23.4 Å². The van der Waals surface area contributed by atoms with Crippen molar-refractivity contribution in [2.24, 2.45) is 5.10 Å². The maximum Gasteiger partial charge on any atom is 0.439 e. The number of nitrogens with one attached hydrogen (secondary N) is 5. The number of anilines is 2. The van der Waals surface area contributed by atoms with Gasteiger partial charge < -0.3 is 20.1 Å². The molecule has 1 aromatic heterocycles. The van der Waals surface area contributed by atoms with Crippen molar-refractivity contribution in [2.45, 2.75) is 12.2 Å². The minimum atomic E-state index is -1.74. The lowest BCUT2D eigenvalue weighted by Gasteiger charge is -2.34. The van der Waals surface area contributed by atoms with Gasteiger partial charge in [-0.1, -0.05) is 17.3 Å². The third-order valence-electron chi connectivity index (χ3n) is 5.38. The molecule has 0 spiro atoms. The van der Waals surface area contributed by atoms with Crippen LogP contribution < -0.4 is 32.5 Å². The third-order valence-corrected chi connectivity index (χ3v) is 5.38. The second-order valence-electron chi connectivity index (χ2n) is 7.61. The minimum absolute atomic E-state index is 0.137. The lowest BCUT2D eigenvalue weighted by atomic mass is 10.1. The first-order valence-electron chi connectivity index (χ1n) is 10.5. The van der Waals surface area contributed by atoms with Gasteiger partial charge in [0.25, 0.3) is 11.8 Å². The highest BCUT2D eigenvalue weighted by molar-refractivity contribution is 6.05. The number of carbonyl (C=O) groups excluding carboxylic acids is 2. The number of hydrazine groups is 2. The van der Waals surface area contributed by atoms with Crippen LogP contribution >= 0.6 is 0 Å². The van der Waals surface area contributed by atoms with Gasteiger partial charge in [-0.05, 0) is 36.4 Å². The van der Waals surface area contributed by atoms with Crippen LogP contribution in [0.3, 0.4) is 0 Å². The Morgan fingerprint density at radius 2 is 2.00 bits per heavy atom. The molecule has 2 aromatic carbocycles. The first-order valence-corrected chi connectivity index (χ1v) is 10.5. The van der Waals surface area contributed by atoms with Crippen LogP contribution in [0.4, 0.5) is 11.4 Å². The van der Waals surface area contributed by atoms with E-state index in [-0.39, 0.29) is 19.0 Å². The van der Waals surface area contributed by atoms with Crippen LogP contribution in [-0.2, 0) is 14.3 Å². The van der Waals surface area contributed by atoms with Crippen LogP contribution in [0.5, 0.6) is 0 Å². The zero-order chi connectivity index (χ0) is 24.4. The number of aliphatic hydroxyl groups excluding tert-OH is 1. The zero-order valence-electron chi connectivity index (χ0n) is 18.0. The third kappa shape index (κ3) is 4.61. The van der Waals surface area contributed by atoms with Gasteiger partial charge in [0.05, 0.1) is 6.61 Å². The number of aliphatic hydroxyl groups is 1. The average Bonchev–Trinajstić information content (AvgIpc) is 3.57. The summed E-state index contributed by atoms with van der Waals surface area (Å²) >= 11 is 0. The monoisotopic (exact) mass is 480 g/mol. The molecule has 14 nitrogen and oxygen atoms in total. The number of benzene rings is 2. The van der Waals surface area contributed by atoms with E-state index in [1.165, 1.54) is 4.90 Å². The van der Waals surface area contributed by atoms with E-state index in [1.807, 2.05) is 6.07 Å². The maximum absolute atomic E-state index is 13.1. The van der Waals surface area contributed by atoms with Gasteiger partial charge in [0.15, 0.2) is 23.9 Å². The Hall–Kier alpha value is -4.53. The fraction of sp³-hybridized carbons (Fsp3) is 0.190. The quantitative estimate of drug-likeness (QED) is 0.256. The van der Waals surface area contributed by atoms with E-state index in [1.54, 1.807) is 42.5 Å². The number of aromatic amines is 1. The van der Waals surface area contributed by atoms with Gasteiger partial charge in [0, 0.05) is 29.0 Å². The number of hydrogen-bond acceptors (Lipinski definition) is 11. The highest BCUT2D eigenvalue weighted by atomic mass is 16.5. The molecule has 14 heteroatoms. The van der Waals surface area contributed by atoms with E-state index >= 15 is 0 Å². The molecular weight excluding hydrogens is 460 g/mol. The Morgan fingerprint density at radius 1 is 1.17 bits per heavy atom. The van der Waals surface area contributed by atoms with Gasteiger partial charge >= 0.3 is 5.76 Å². The SMILES string of the molecule is O=C(Nc1ccc(-c2noc(=O)[nH]2)cc1)[C@H](O)[C@H]1OCCN(c2cccc(C3=NNNN3)c2)C1=O. The summed E-state index contributed by atoms with van der Waals surface area (Å²) in [4.78, 5) is 40.7. The van der Waals surface area contributed by atoms with Crippen molar-refractivity contribution in [3.63, 3.8) is 0 Å². The molecule has 180 valence electrons. The zero-order valence-corrected chi connectivity index (χ0v) is 18.0. The van der Waals surface area contributed by atoms with E-state index in [9.17, 15) is 19.5 Å². The number of nitrogens with zero attached hydrogens (tertiary/aromatic N) is 3. The fourth-order valence-electron chi connectivity index (χ4n) is 3.66. The second-order valence-corrected chi connectivity index (χ2v) is 7.61. The number of morpholine rings is 1. The van der Waals surface area contributed by atoms with Gasteiger partial charge in [-0.25, -0.2) is 10.3 Å². The van der Waals surface area contributed by atoms with Crippen LogP contribution in [0.2, 0.25) is 0 Å². The summed E-state index contributed by atoms with van der Waals surface area (Å²) in [5.41, 5.74) is 10.3. The van der Waals surface area contributed by atoms with Crippen molar-refractivity contribution in [3.8, 4) is 11.4 Å². The Morgan fingerprint density at radius 3 is 2.71 bits per heavy atom. The van der Waals surface area contributed by atoms with E-state index in [0.29, 0.717) is 22.8 Å². The summed E-state index contributed by atoms with van der Waals surface area (Å²) in [7, 11) is 0. The molecular formula is C21H20N8O6. The standard InChI is InChI=1S/C21H20N8O6/c30-15(19(31)22-13-6-4-11(5-7-13)17-23-21(33)35-26-17)16-20(32)29(8-9-34-16)14-3-1-2-12(10-14)18-24-27-28-25-18/h1-7,10,15-16,27-28,30H,8-9H2,(H,22,31)(H,24,25)(H,23,26,33)/t15-,16-/m1/s1. The summed E-state index contributed by atoms with van der Waals surface area (Å²) in [5, 5.41) is 20.8. The van der Waals surface area contributed by atoms with Crippen LogP contribution in [0.25, 0.3) is 11.4 Å². The fourth-order valence-corrected chi connectivity index (χ4v) is 3.66. The Labute approximate surface area is 196 Å². The van der Waals surface area contributed by atoms with Gasteiger partial charge in [-0.3, -0.25) is 24.5 Å². The van der Waals surface area contributed by atoms with Crippen molar-refractivity contribution < 1.29 is 24.0 Å². The van der Waals surface area contributed by atoms with Crippen molar-refractivity contribution in [3.05, 3.63) is 64.6 Å². The van der Waals surface area contributed by atoms with Crippen molar-refractivity contribution in [1.82, 2.24) is 26.6 Å². The van der Waals surface area contributed by atoms with Crippen molar-refractivity contribution in [1.29, 1.82) is 0 Å². The van der Waals surface area contributed by atoms with Crippen LogP contribution in [-0.4, -0.2) is 58.3 Å². The summed E-state index contributed by atoms with van der Waals surface area (Å²) in [6, 6.07) is 13.4. The highest BCUT2D eigenvalue weighted by Gasteiger charge is 2.39. The molecule has 6 N–H and O–H groups in total. The molecule has 5 rings (SSSR count). The lowest BCUT2D eigenvalue weighted by Crippen LogP contribution is -2.55. The Balaban J connectivity index is 1.26. The van der Waals surface area contributed by atoms with E-state index in [2.05, 4.69) is 41.6 Å². The average molecular weight is 480 g/mol. The first-order chi connectivity index (χ1) is 17.0. The molecule has 2 amide bonds. The van der Waals surface area contributed by atoms with Gasteiger partial charge in [0.2, 0.25) is 0 Å². The van der Waals surface area contributed by atoms with E-state index < -0.39 is 29.8 Å². The summed E-state index contributed by atoms with van der Waals surface area (Å²) in [5.74, 6) is -1.25. The molecule has 2 aliphatic heterocycles. The lowest BCUT2D eigenvalue weighted by molar-refractivity contribution is -0.150. The molecule has 2 aliphatic rings. The number of hydrazone groups is 1.